The van der Waals surface area contributed by atoms with Gasteiger partial charge in [0.05, 0.1) is 6.04 Å². The van der Waals surface area contributed by atoms with Crippen LogP contribution in [-0.2, 0) is 30.4 Å². The van der Waals surface area contributed by atoms with Crippen molar-refractivity contribution in [2.24, 2.45) is 23.5 Å². The summed E-state index contributed by atoms with van der Waals surface area (Å²) in [5.74, 6) is -3.25. The molecule has 0 fully saturated rings. The molecule has 0 saturated heterocycles. The van der Waals surface area contributed by atoms with Crippen molar-refractivity contribution in [3.8, 4) is 0 Å². The second-order valence-electron chi connectivity index (χ2n) is 12.0. The lowest BCUT2D eigenvalue weighted by Crippen LogP contribution is -2.59. The minimum absolute atomic E-state index is 0.0152. The van der Waals surface area contributed by atoms with Crippen molar-refractivity contribution in [2.75, 3.05) is 7.05 Å². The van der Waals surface area contributed by atoms with Crippen LogP contribution in [-0.4, -0.2) is 76.9 Å². The van der Waals surface area contributed by atoms with E-state index in [-0.39, 0.29) is 24.2 Å². The maximum atomic E-state index is 13.8. The quantitative estimate of drug-likeness (QED) is 0.185. The monoisotopic (exact) mass is 589 g/mol. The van der Waals surface area contributed by atoms with E-state index in [0.29, 0.717) is 19.3 Å². The zero-order valence-electron chi connectivity index (χ0n) is 26.3. The van der Waals surface area contributed by atoms with Crippen molar-refractivity contribution >= 4 is 29.6 Å². The average Bonchev–Trinajstić information content (AvgIpc) is 2.93. The molecule has 0 aliphatic carbocycles. The molecule has 0 aliphatic heterocycles. The number of nitrogens with zero attached hydrogens (tertiary/aromatic N) is 1. The second kappa shape index (κ2) is 17.5. The predicted octanol–water partition coefficient (Wildman–Crippen LogP) is 2.08. The van der Waals surface area contributed by atoms with E-state index in [1.54, 1.807) is 24.3 Å². The van der Waals surface area contributed by atoms with Crippen LogP contribution in [0.1, 0.15) is 73.3 Å². The van der Waals surface area contributed by atoms with Gasteiger partial charge in [-0.3, -0.25) is 24.0 Å². The van der Waals surface area contributed by atoms with Gasteiger partial charge in [0.1, 0.15) is 24.2 Å². The highest BCUT2D eigenvalue weighted by Crippen LogP contribution is 2.16. The average molecular weight is 590 g/mol. The molecule has 0 spiro atoms. The van der Waals surface area contributed by atoms with Crippen molar-refractivity contribution in [3.63, 3.8) is 0 Å². The van der Waals surface area contributed by atoms with Crippen LogP contribution in [0.3, 0.4) is 0 Å². The molecule has 0 aliphatic rings. The fraction of sp³-hybridized carbons (Fsp3) is 0.645. The number of carbonyl (C=O) groups is 5. The van der Waals surface area contributed by atoms with Crippen molar-refractivity contribution in [1.29, 1.82) is 0 Å². The molecule has 0 aromatic heterocycles. The fourth-order valence-corrected chi connectivity index (χ4v) is 4.46. The molecule has 0 unspecified atom stereocenters. The van der Waals surface area contributed by atoms with Crippen LogP contribution in [0.5, 0.6) is 0 Å². The highest BCUT2D eigenvalue weighted by molar-refractivity contribution is 5.95. The number of hydrogen-bond donors (Lipinski definition) is 5. The minimum atomic E-state index is -1.21. The number of rotatable bonds is 17. The Labute approximate surface area is 250 Å². The van der Waals surface area contributed by atoms with Gasteiger partial charge in [0, 0.05) is 13.5 Å². The van der Waals surface area contributed by atoms with Gasteiger partial charge in [-0.25, -0.2) is 0 Å². The summed E-state index contributed by atoms with van der Waals surface area (Å²) in [6.45, 7) is 12.9. The van der Waals surface area contributed by atoms with Gasteiger partial charge in [-0.2, -0.15) is 0 Å². The molecule has 1 rings (SSSR count). The van der Waals surface area contributed by atoms with Gasteiger partial charge < -0.3 is 31.7 Å². The molecule has 11 nitrogen and oxygen atoms in total. The summed E-state index contributed by atoms with van der Waals surface area (Å²) in [5, 5.41) is 17.3. The van der Waals surface area contributed by atoms with Gasteiger partial charge in [-0.15, -0.1) is 0 Å². The third-order valence-electron chi connectivity index (χ3n) is 7.34. The fourth-order valence-electron chi connectivity index (χ4n) is 4.46. The van der Waals surface area contributed by atoms with Crippen LogP contribution < -0.4 is 21.7 Å². The van der Waals surface area contributed by atoms with Gasteiger partial charge in [0.25, 0.3) is 0 Å². The lowest BCUT2D eigenvalue weighted by Gasteiger charge is -2.34. The molecule has 6 atom stereocenters. The maximum Gasteiger partial charge on any atom is 0.325 e. The van der Waals surface area contributed by atoms with E-state index in [9.17, 15) is 29.1 Å². The summed E-state index contributed by atoms with van der Waals surface area (Å²) in [4.78, 5) is 66.2. The smallest absolute Gasteiger partial charge is 0.325 e. The third kappa shape index (κ3) is 11.8. The Morgan fingerprint density at radius 3 is 1.86 bits per heavy atom. The Morgan fingerprint density at radius 1 is 0.810 bits per heavy atom. The molecule has 0 heterocycles. The number of likely N-dealkylation sites (N-methyl/N-ethyl adjacent to an activating group) is 1. The number of nitrogens with one attached hydrogen (secondary N) is 3. The van der Waals surface area contributed by atoms with E-state index in [1.165, 1.54) is 18.9 Å². The van der Waals surface area contributed by atoms with Crippen molar-refractivity contribution in [1.82, 2.24) is 20.9 Å². The molecule has 11 heteroatoms. The number of aliphatic carboxylic acids is 1. The third-order valence-corrected chi connectivity index (χ3v) is 7.34. The minimum Gasteiger partial charge on any atom is -0.480 e. The summed E-state index contributed by atoms with van der Waals surface area (Å²) >= 11 is 0. The van der Waals surface area contributed by atoms with Gasteiger partial charge in [0.2, 0.25) is 23.6 Å². The van der Waals surface area contributed by atoms with Gasteiger partial charge in [-0.05, 0) is 43.1 Å². The predicted molar refractivity (Wildman–Crippen MR) is 162 cm³/mol. The van der Waals surface area contributed by atoms with Crippen molar-refractivity contribution in [3.05, 3.63) is 35.9 Å². The van der Waals surface area contributed by atoms with Crippen LogP contribution in [0.2, 0.25) is 0 Å². The molecule has 236 valence electrons. The Morgan fingerprint density at radius 2 is 1.36 bits per heavy atom. The van der Waals surface area contributed by atoms with E-state index in [4.69, 9.17) is 5.73 Å². The normalized spacial score (nSPS) is 15.6. The van der Waals surface area contributed by atoms with E-state index < -0.39 is 59.8 Å². The highest BCUT2D eigenvalue weighted by atomic mass is 16.4. The molecule has 1 aromatic carbocycles. The molecule has 0 radical (unpaired) electrons. The first-order chi connectivity index (χ1) is 19.6. The van der Waals surface area contributed by atoms with Gasteiger partial charge >= 0.3 is 5.97 Å². The van der Waals surface area contributed by atoms with Crippen molar-refractivity contribution in [2.45, 2.75) is 104 Å². The number of carboxylic acid groups (broad SMARTS) is 1. The van der Waals surface area contributed by atoms with Crippen LogP contribution in [0.25, 0.3) is 0 Å². The Balaban J connectivity index is 3.29. The molecule has 0 saturated carbocycles. The highest BCUT2D eigenvalue weighted by Gasteiger charge is 2.36. The maximum absolute atomic E-state index is 13.8. The Kier molecular flexibility index (Phi) is 15.2. The summed E-state index contributed by atoms with van der Waals surface area (Å²) in [5.41, 5.74) is 6.89. The molecule has 0 bridgehead atoms. The summed E-state index contributed by atoms with van der Waals surface area (Å²) in [7, 11) is 1.52. The van der Waals surface area contributed by atoms with E-state index in [0.717, 1.165) is 5.56 Å². The Bertz CT molecular complexity index is 1050. The largest absolute Gasteiger partial charge is 0.480 e. The molecular weight excluding hydrogens is 538 g/mol. The molecular formula is C31H51N5O6. The van der Waals surface area contributed by atoms with E-state index >= 15 is 0 Å². The zero-order valence-corrected chi connectivity index (χ0v) is 26.3. The van der Waals surface area contributed by atoms with Gasteiger partial charge in [-0.1, -0.05) is 78.3 Å². The second-order valence-corrected chi connectivity index (χ2v) is 12.0. The molecule has 42 heavy (non-hydrogen) atoms. The number of hydrogen-bond acceptors (Lipinski definition) is 6. The van der Waals surface area contributed by atoms with Crippen LogP contribution >= 0.6 is 0 Å². The number of carbonyl (C=O) groups excluding carboxylic acids is 4. The first-order valence-corrected chi connectivity index (χ1v) is 14.8. The standard InChI is InChI=1S/C31H51N5O6/c1-9-20(6)26(32)29(39)35-24(15-18(2)3)30(40)36(8)25(16-19(4)5)28(38)34-23(17-22-13-11-10-12-14-22)27(37)33-21(7)31(41)42/h10-14,18-21,23-26H,9,15-17,32H2,1-8H3,(H,33,37)(H,34,38)(H,35,39)(H,41,42)/t20-,21+,23+,24+,25+,26-/m0/s1. The first kappa shape index (κ1) is 36.6. The lowest BCUT2D eigenvalue weighted by molar-refractivity contribution is -0.144. The van der Waals surface area contributed by atoms with Crippen molar-refractivity contribution < 1.29 is 29.1 Å². The Hall–Kier alpha value is -3.47. The molecule has 4 amide bonds. The summed E-state index contributed by atoms with van der Waals surface area (Å²) in [6, 6.07) is 4.18. The summed E-state index contributed by atoms with van der Waals surface area (Å²) < 4.78 is 0. The lowest BCUT2D eigenvalue weighted by atomic mass is 9.96. The van der Waals surface area contributed by atoms with Crippen LogP contribution in [0.4, 0.5) is 0 Å². The topological polar surface area (TPSA) is 171 Å². The van der Waals surface area contributed by atoms with Gasteiger partial charge in [0.15, 0.2) is 0 Å². The van der Waals surface area contributed by atoms with E-state index in [1.807, 2.05) is 47.6 Å². The number of nitrogens with two attached hydrogens (primary N) is 1. The van der Waals surface area contributed by atoms with Crippen LogP contribution in [0.15, 0.2) is 30.3 Å². The molecule has 6 N–H and O–H groups in total. The van der Waals surface area contributed by atoms with Crippen LogP contribution in [0, 0.1) is 17.8 Å². The molecule has 1 aromatic rings. The zero-order chi connectivity index (χ0) is 32.1. The SMILES string of the molecule is CC[C@H](C)[C@H](N)C(=O)N[C@H](CC(C)C)C(=O)N(C)[C@H](CC(C)C)C(=O)N[C@H](Cc1ccccc1)C(=O)N[C@H](C)C(=O)O. The number of carboxylic acids is 1. The number of amides is 4. The first-order valence-electron chi connectivity index (χ1n) is 14.8. The van der Waals surface area contributed by atoms with E-state index in [2.05, 4.69) is 16.0 Å². The summed E-state index contributed by atoms with van der Waals surface area (Å²) in [6.07, 6.45) is 1.48. The number of benzene rings is 1.